The lowest BCUT2D eigenvalue weighted by Gasteiger charge is -2.27. The Morgan fingerprint density at radius 1 is 0.943 bits per heavy atom. The standard InChI is InChI=1S/C26H17Cl2F2N3O2/c27-18-6-3-5-16(23(18)30)26(35-13-34)22(17-11-31-21-7-2-1-4-15(17)21)25-24(32-12-33-25)14-8-9-20(29)19(28)10-14/h1-13,22,26,31H,(H,32,33). The third-order valence-electron chi connectivity index (χ3n) is 5.92. The first kappa shape index (κ1) is 23.1. The van der Waals surface area contributed by atoms with Crippen molar-refractivity contribution in [3.63, 3.8) is 0 Å². The molecule has 9 heteroatoms. The van der Waals surface area contributed by atoms with Crippen LogP contribution in [0.15, 0.2) is 73.2 Å². The second-order valence-electron chi connectivity index (χ2n) is 7.86. The van der Waals surface area contributed by atoms with Crippen LogP contribution in [0.1, 0.15) is 28.8 Å². The van der Waals surface area contributed by atoms with E-state index in [1.54, 1.807) is 18.3 Å². The largest absolute Gasteiger partial charge is 0.459 e. The van der Waals surface area contributed by atoms with Gasteiger partial charge >= 0.3 is 0 Å². The van der Waals surface area contributed by atoms with E-state index in [9.17, 15) is 9.18 Å². The van der Waals surface area contributed by atoms with Crippen molar-refractivity contribution < 1.29 is 18.3 Å². The maximum absolute atomic E-state index is 15.2. The molecule has 0 aliphatic rings. The zero-order chi connectivity index (χ0) is 24.5. The van der Waals surface area contributed by atoms with Gasteiger partial charge in [0.1, 0.15) is 17.7 Å². The predicted octanol–water partition coefficient (Wildman–Crippen LogP) is 7.19. The zero-order valence-corrected chi connectivity index (χ0v) is 19.4. The molecule has 0 saturated heterocycles. The van der Waals surface area contributed by atoms with Gasteiger partial charge in [0.25, 0.3) is 6.47 Å². The topological polar surface area (TPSA) is 70.8 Å². The number of nitrogens with one attached hydrogen (secondary N) is 2. The summed E-state index contributed by atoms with van der Waals surface area (Å²) in [5, 5.41) is 0.675. The molecule has 0 radical (unpaired) electrons. The molecule has 176 valence electrons. The fourth-order valence-corrected chi connectivity index (χ4v) is 4.73. The number of H-pyrrole nitrogens is 2. The Bertz CT molecular complexity index is 1530. The van der Waals surface area contributed by atoms with Crippen molar-refractivity contribution >= 4 is 40.6 Å². The second-order valence-corrected chi connectivity index (χ2v) is 8.67. The van der Waals surface area contributed by atoms with E-state index < -0.39 is 23.7 Å². The van der Waals surface area contributed by atoms with Crippen molar-refractivity contribution in [2.45, 2.75) is 12.0 Å². The number of para-hydroxylation sites is 1. The van der Waals surface area contributed by atoms with Crippen molar-refractivity contribution in [3.8, 4) is 11.3 Å². The summed E-state index contributed by atoms with van der Waals surface area (Å²) in [6.07, 6.45) is 2.14. The summed E-state index contributed by atoms with van der Waals surface area (Å²) in [7, 11) is 0. The van der Waals surface area contributed by atoms with E-state index in [4.69, 9.17) is 27.9 Å². The van der Waals surface area contributed by atoms with Crippen LogP contribution in [0.4, 0.5) is 8.78 Å². The number of ether oxygens (including phenoxy) is 1. The molecule has 35 heavy (non-hydrogen) atoms. The van der Waals surface area contributed by atoms with Gasteiger partial charge in [-0.3, -0.25) is 4.79 Å². The van der Waals surface area contributed by atoms with E-state index in [1.807, 2.05) is 24.3 Å². The minimum Gasteiger partial charge on any atom is -0.459 e. The monoisotopic (exact) mass is 511 g/mol. The molecule has 0 aliphatic heterocycles. The smallest absolute Gasteiger partial charge is 0.293 e. The first-order valence-electron chi connectivity index (χ1n) is 10.6. The molecular formula is C26H17Cl2F2N3O2. The predicted molar refractivity (Wildman–Crippen MR) is 130 cm³/mol. The summed E-state index contributed by atoms with van der Waals surface area (Å²) < 4.78 is 34.6. The normalized spacial score (nSPS) is 13.0. The molecule has 0 fully saturated rings. The molecule has 0 amide bonds. The molecular weight excluding hydrogens is 495 g/mol. The third kappa shape index (κ3) is 4.17. The third-order valence-corrected chi connectivity index (χ3v) is 6.50. The number of carbonyl (C=O) groups excluding carboxylic acids is 1. The maximum Gasteiger partial charge on any atom is 0.293 e. The van der Waals surface area contributed by atoms with Crippen LogP contribution < -0.4 is 0 Å². The second kappa shape index (κ2) is 9.52. The van der Waals surface area contributed by atoms with Gasteiger partial charge in [-0.25, -0.2) is 13.8 Å². The number of hydrogen-bond donors (Lipinski definition) is 2. The van der Waals surface area contributed by atoms with Gasteiger partial charge in [-0.1, -0.05) is 53.5 Å². The maximum atomic E-state index is 15.2. The Kier molecular flexibility index (Phi) is 6.28. The molecule has 2 heterocycles. The van der Waals surface area contributed by atoms with E-state index >= 15 is 4.39 Å². The van der Waals surface area contributed by atoms with Gasteiger partial charge in [-0.2, -0.15) is 0 Å². The first-order chi connectivity index (χ1) is 17.0. The van der Waals surface area contributed by atoms with Crippen LogP contribution in [-0.4, -0.2) is 21.4 Å². The zero-order valence-electron chi connectivity index (χ0n) is 17.9. The molecule has 5 rings (SSSR count). The van der Waals surface area contributed by atoms with Crippen LogP contribution in [0, 0.1) is 11.6 Å². The average Bonchev–Trinajstić information content (AvgIpc) is 3.51. The van der Waals surface area contributed by atoms with Crippen LogP contribution in [-0.2, 0) is 9.53 Å². The minimum absolute atomic E-state index is 0.0679. The number of rotatable bonds is 7. The molecule has 2 N–H and O–H groups in total. The van der Waals surface area contributed by atoms with Gasteiger partial charge < -0.3 is 14.7 Å². The molecule has 3 aromatic carbocycles. The van der Waals surface area contributed by atoms with Gasteiger partial charge in [-0.15, -0.1) is 0 Å². The Hall–Kier alpha value is -3.68. The molecule has 0 spiro atoms. The van der Waals surface area contributed by atoms with E-state index in [0.717, 1.165) is 16.5 Å². The Morgan fingerprint density at radius 2 is 1.77 bits per heavy atom. The highest BCUT2D eigenvalue weighted by Crippen LogP contribution is 2.45. The van der Waals surface area contributed by atoms with Crippen LogP contribution in [0.3, 0.4) is 0 Å². The van der Waals surface area contributed by atoms with Crippen LogP contribution >= 0.6 is 23.2 Å². The number of halogens is 4. The summed E-state index contributed by atoms with van der Waals surface area (Å²) in [5.74, 6) is -2.01. The van der Waals surface area contributed by atoms with Crippen molar-refractivity contribution in [1.29, 1.82) is 0 Å². The van der Waals surface area contributed by atoms with Crippen LogP contribution in [0.2, 0.25) is 10.0 Å². The number of carbonyl (C=O) groups is 1. The molecule has 2 unspecified atom stereocenters. The Balaban J connectivity index is 1.77. The summed E-state index contributed by atoms with van der Waals surface area (Å²) in [6.45, 7) is 0.275. The van der Waals surface area contributed by atoms with Crippen molar-refractivity contribution in [2.75, 3.05) is 0 Å². The molecule has 5 aromatic rings. The van der Waals surface area contributed by atoms with Gasteiger partial charge in [-0.05, 0) is 35.9 Å². The van der Waals surface area contributed by atoms with E-state index in [1.165, 1.54) is 30.6 Å². The quantitative estimate of drug-likeness (QED) is 0.227. The lowest BCUT2D eigenvalue weighted by atomic mass is 9.84. The Morgan fingerprint density at radius 3 is 2.57 bits per heavy atom. The van der Waals surface area contributed by atoms with Gasteiger partial charge in [0, 0.05) is 28.2 Å². The SMILES string of the molecule is O=COC(c1cccc(Cl)c1F)C(c1[nH]cnc1-c1ccc(F)c(Cl)c1)c1c[nH]c2ccccc12. The molecule has 0 saturated carbocycles. The van der Waals surface area contributed by atoms with E-state index in [2.05, 4.69) is 15.0 Å². The summed E-state index contributed by atoms with van der Waals surface area (Å²) in [6, 6.07) is 16.3. The van der Waals surface area contributed by atoms with Crippen molar-refractivity contribution in [2.24, 2.45) is 0 Å². The van der Waals surface area contributed by atoms with Gasteiger partial charge in [0.2, 0.25) is 0 Å². The number of hydrogen-bond acceptors (Lipinski definition) is 3. The highest BCUT2D eigenvalue weighted by molar-refractivity contribution is 6.31. The molecule has 5 nitrogen and oxygen atoms in total. The van der Waals surface area contributed by atoms with Crippen molar-refractivity contribution in [1.82, 2.24) is 15.0 Å². The van der Waals surface area contributed by atoms with Crippen LogP contribution in [0.25, 0.3) is 22.2 Å². The number of aromatic amines is 2. The van der Waals surface area contributed by atoms with Crippen molar-refractivity contribution in [3.05, 3.63) is 112 Å². The molecule has 2 atom stereocenters. The highest BCUT2D eigenvalue weighted by Gasteiger charge is 2.35. The fourth-order valence-electron chi connectivity index (χ4n) is 4.37. The number of aromatic nitrogens is 3. The van der Waals surface area contributed by atoms with E-state index in [0.29, 0.717) is 17.0 Å². The number of benzene rings is 3. The lowest BCUT2D eigenvalue weighted by Crippen LogP contribution is -2.18. The number of imidazole rings is 1. The fraction of sp³-hybridized carbons (Fsp3) is 0.0769. The first-order valence-corrected chi connectivity index (χ1v) is 11.3. The van der Waals surface area contributed by atoms with E-state index in [-0.39, 0.29) is 22.1 Å². The Labute approximate surface area is 208 Å². The molecule has 0 bridgehead atoms. The van der Waals surface area contributed by atoms with Gasteiger partial charge in [0.15, 0.2) is 0 Å². The van der Waals surface area contributed by atoms with Gasteiger partial charge in [0.05, 0.1) is 33.7 Å². The number of nitrogens with zero attached hydrogens (tertiary/aromatic N) is 1. The summed E-state index contributed by atoms with van der Waals surface area (Å²) in [5.41, 5.74) is 3.17. The average molecular weight is 512 g/mol. The lowest BCUT2D eigenvalue weighted by molar-refractivity contribution is -0.134. The number of fused-ring (bicyclic) bond motifs is 1. The molecule has 2 aromatic heterocycles. The van der Waals surface area contributed by atoms with Crippen LogP contribution in [0.5, 0.6) is 0 Å². The summed E-state index contributed by atoms with van der Waals surface area (Å²) >= 11 is 12.1. The molecule has 0 aliphatic carbocycles. The highest BCUT2D eigenvalue weighted by atomic mass is 35.5. The minimum atomic E-state index is -1.11. The summed E-state index contributed by atoms with van der Waals surface area (Å²) in [4.78, 5) is 22.4.